The molecule has 1 aliphatic rings. The molecule has 1 aromatic rings. The van der Waals surface area contributed by atoms with Crippen molar-refractivity contribution in [3.05, 3.63) is 35.6 Å². The van der Waals surface area contributed by atoms with E-state index in [-0.39, 0.29) is 11.2 Å². The zero-order chi connectivity index (χ0) is 10.7. The average molecular weight is 208 g/mol. The summed E-state index contributed by atoms with van der Waals surface area (Å²) in [7, 11) is 0. The average Bonchev–Trinajstić information content (AvgIpc) is 2.69. The second-order valence-electron chi connectivity index (χ2n) is 4.38. The number of nitrogens with two attached hydrogens (primary N) is 1. The summed E-state index contributed by atoms with van der Waals surface area (Å²) < 4.78 is 12.8. The number of nitrogens with one attached hydrogen (secondary N) is 1. The molecule has 0 atom stereocenters. The number of rotatable bonds is 3. The molecular formula is C12H17FN2. The first-order valence-electron chi connectivity index (χ1n) is 5.46. The molecule has 0 aliphatic heterocycles. The van der Waals surface area contributed by atoms with E-state index in [1.165, 1.54) is 30.5 Å². The van der Waals surface area contributed by atoms with E-state index < -0.39 is 0 Å². The van der Waals surface area contributed by atoms with Gasteiger partial charge in [-0.25, -0.2) is 4.39 Å². The molecule has 0 bridgehead atoms. The molecule has 0 amide bonds. The quantitative estimate of drug-likeness (QED) is 0.589. The van der Waals surface area contributed by atoms with Crippen molar-refractivity contribution in [1.29, 1.82) is 0 Å². The van der Waals surface area contributed by atoms with Crippen LogP contribution in [0.3, 0.4) is 0 Å². The van der Waals surface area contributed by atoms with Crippen molar-refractivity contribution in [3.63, 3.8) is 0 Å². The third-order valence-corrected chi connectivity index (χ3v) is 3.46. The smallest absolute Gasteiger partial charge is 0.123 e. The molecule has 0 heterocycles. The Morgan fingerprint density at radius 3 is 2.33 bits per heavy atom. The van der Waals surface area contributed by atoms with Crippen LogP contribution in [0.15, 0.2) is 24.3 Å². The van der Waals surface area contributed by atoms with Gasteiger partial charge in [-0.05, 0) is 30.5 Å². The van der Waals surface area contributed by atoms with Gasteiger partial charge in [-0.2, -0.15) is 0 Å². The van der Waals surface area contributed by atoms with Crippen LogP contribution in [0.25, 0.3) is 0 Å². The Balaban J connectivity index is 2.28. The van der Waals surface area contributed by atoms with E-state index in [0.717, 1.165) is 19.4 Å². The van der Waals surface area contributed by atoms with Gasteiger partial charge in [0.25, 0.3) is 0 Å². The van der Waals surface area contributed by atoms with E-state index in [4.69, 9.17) is 5.84 Å². The maximum absolute atomic E-state index is 12.8. The molecule has 1 aliphatic carbocycles. The van der Waals surface area contributed by atoms with Crippen LogP contribution in [-0.2, 0) is 5.41 Å². The molecule has 0 unspecified atom stereocenters. The number of hydrazine groups is 1. The lowest BCUT2D eigenvalue weighted by atomic mass is 9.79. The number of halogens is 1. The van der Waals surface area contributed by atoms with Gasteiger partial charge in [0.15, 0.2) is 0 Å². The first kappa shape index (κ1) is 10.6. The van der Waals surface area contributed by atoms with Gasteiger partial charge < -0.3 is 0 Å². The van der Waals surface area contributed by atoms with Crippen LogP contribution in [0.2, 0.25) is 0 Å². The van der Waals surface area contributed by atoms with E-state index in [9.17, 15) is 4.39 Å². The van der Waals surface area contributed by atoms with Crippen LogP contribution in [0.5, 0.6) is 0 Å². The lowest BCUT2D eigenvalue weighted by molar-refractivity contribution is 0.409. The van der Waals surface area contributed by atoms with E-state index in [1.807, 2.05) is 12.1 Å². The second-order valence-corrected chi connectivity index (χ2v) is 4.38. The molecule has 82 valence electrons. The highest BCUT2D eigenvalue weighted by Gasteiger charge is 2.34. The zero-order valence-corrected chi connectivity index (χ0v) is 8.80. The van der Waals surface area contributed by atoms with Gasteiger partial charge in [0.2, 0.25) is 0 Å². The zero-order valence-electron chi connectivity index (χ0n) is 8.80. The largest absolute Gasteiger partial charge is 0.271 e. The Bertz CT molecular complexity index is 315. The van der Waals surface area contributed by atoms with E-state index in [0.29, 0.717) is 0 Å². The molecule has 1 aromatic carbocycles. The molecule has 15 heavy (non-hydrogen) atoms. The number of hydrogen-bond acceptors (Lipinski definition) is 2. The summed E-state index contributed by atoms with van der Waals surface area (Å²) in [6, 6.07) is 6.84. The van der Waals surface area contributed by atoms with Gasteiger partial charge in [-0.15, -0.1) is 0 Å². The van der Waals surface area contributed by atoms with Gasteiger partial charge in [0, 0.05) is 12.0 Å². The summed E-state index contributed by atoms with van der Waals surface area (Å²) in [5.41, 5.74) is 4.10. The van der Waals surface area contributed by atoms with Crippen molar-refractivity contribution < 1.29 is 4.39 Å². The third-order valence-electron chi connectivity index (χ3n) is 3.46. The minimum Gasteiger partial charge on any atom is -0.271 e. The summed E-state index contributed by atoms with van der Waals surface area (Å²) in [5, 5.41) is 0. The number of hydrogen-bond donors (Lipinski definition) is 2. The van der Waals surface area contributed by atoms with E-state index >= 15 is 0 Å². The van der Waals surface area contributed by atoms with Gasteiger partial charge in [0.1, 0.15) is 5.82 Å². The van der Waals surface area contributed by atoms with Crippen LogP contribution < -0.4 is 11.3 Å². The fourth-order valence-electron chi connectivity index (χ4n) is 2.62. The molecule has 1 fully saturated rings. The monoisotopic (exact) mass is 208 g/mol. The van der Waals surface area contributed by atoms with Crippen molar-refractivity contribution in [2.45, 2.75) is 31.1 Å². The Hall–Kier alpha value is -0.930. The number of benzene rings is 1. The van der Waals surface area contributed by atoms with Crippen molar-refractivity contribution >= 4 is 0 Å². The van der Waals surface area contributed by atoms with Gasteiger partial charge >= 0.3 is 0 Å². The fourth-order valence-corrected chi connectivity index (χ4v) is 2.62. The Labute approximate surface area is 89.6 Å². The van der Waals surface area contributed by atoms with Crippen LogP contribution in [-0.4, -0.2) is 6.54 Å². The van der Waals surface area contributed by atoms with Crippen LogP contribution in [0, 0.1) is 5.82 Å². The molecule has 3 N–H and O–H groups in total. The molecule has 1 saturated carbocycles. The maximum atomic E-state index is 12.8. The molecule has 2 nitrogen and oxygen atoms in total. The van der Waals surface area contributed by atoms with Gasteiger partial charge in [-0.1, -0.05) is 25.0 Å². The highest BCUT2D eigenvalue weighted by Crippen LogP contribution is 2.40. The summed E-state index contributed by atoms with van der Waals surface area (Å²) in [6.07, 6.45) is 4.75. The Morgan fingerprint density at radius 2 is 1.80 bits per heavy atom. The molecule has 0 aromatic heterocycles. The van der Waals surface area contributed by atoms with Crippen LogP contribution in [0.1, 0.15) is 31.2 Å². The van der Waals surface area contributed by atoms with Crippen LogP contribution >= 0.6 is 0 Å². The molecule has 2 rings (SSSR count). The minimum absolute atomic E-state index is 0.127. The van der Waals surface area contributed by atoms with Crippen molar-refractivity contribution in [3.8, 4) is 0 Å². The predicted octanol–water partition coefficient (Wildman–Crippen LogP) is 2.10. The summed E-state index contributed by atoms with van der Waals surface area (Å²) >= 11 is 0. The highest BCUT2D eigenvalue weighted by atomic mass is 19.1. The summed E-state index contributed by atoms with van der Waals surface area (Å²) in [5.74, 6) is 5.26. The van der Waals surface area contributed by atoms with Crippen LogP contribution in [0.4, 0.5) is 4.39 Å². The first-order valence-corrected chi connectivity index (χ1v) is 5.46. The topological polar surface area (TPSA) is 38.0 Å². The predicted molar refractivity (Wildman–Crippen MR) is 58.7 cm³/mol. The molecule has 0 spiro atoms. The van der Waals surface area contributed by atoms with Gasteiger partial charge in [0.05, 0.1) is 0 Å². The van der Waals surface area contributed by atoms with E-state index in [1.54, 1.807) is 0 Å². The second kappa shape index (κ2) is 4.29. The Kier molecular flexibility index (Phi) is 3.03. The van der Waals surface area contributed by atoms with Crippen molar-refractivity contribution in [1.82, 2.24) is 5.43 Å². The SMILES string of the molecule is NNCC1(c2ccc(F)cc2)CCCC1. The normalized spacial score (nSPS) is 19.3. The molecule has 0 saturated heterocycles. The summed E-state index contributed by atoms with van der Waals surface area (Å²) in [6.45, 7) is 0.776. The van der Waals surface area contributed by atoms with E-state index in [2.05, 4.69) is 5.43 Å². The lowest BCUT2D eigenvalue weighted by Gasteiger charge is -2.29. The summed E-state index contributed by atoms with van der Waals surface area (Å²) in [4.78, 5) is 0. The van der Waals surface area contributed by atoms with Crippen molar-refractivity contribution in [2.75, 3.05) is 6.54 Å². The first-order chi connectivity index (χ1) is 7.27. The van der Waals surface area contributed by atoms with Gasteiger partial charge in [-0.3, -0.25) is 11.3 Å². The fraction of sp³-hybridized carbons (Fsp3) is 0.500. The molecule has 0 radical (unpaired) electrons. The molecular weight excluding hydrogens is 191 g/mol. The molecule has 3 heteroatoms. The maximum Gasteiger partial charge on any atom is 0.123 e. The Morgan fingerprint density at radius 1 is 1.20 bits per heavy atom. The lowest BCUT2D eigenvalue weighted by Crippen LogP contribution is -2.39. The minimum atomic E-state index is -0.174. The van der Waals surface area contributed by atoms with Crippen molar-refractivity contribution in [2.24, 2.45) is 5.84 Å². The highest BCUT2D eigenvalue weighted by molar-refractivity contribution is 5.27. The third kappa shape index (κ3) is 2.03. The standard InChI is InChI=1S/C12H17FN2/c13-11-5-3-10(4-6-11)12(9-15-14)7-1-2-8-12/h3-6,15H,1-2,7-9,14H2.